The van der Waals surface area contributed by atoms with Crippen LogP contribution < -0.4 is 10.5 Å². The minimum Gasteiger partial charge on any atom is -0.381 e. The minimum absolute atomic E-state index is 0.0278. The van der Waals surface area contributed by atoms with Crippen LogP contribution in [-0.4, -0.2) is 18.2 Å². The number of aromatic nitrogens is 2. The Hall–Kier alpha value is -1.54. The van der Waals surface area contributed by atoms with Crippen molar-refractivity contribution in [1.82, 2.24) is 9.78 Å². The first-order valence-electron chi connectivity index (χ1n) is 4.96. The predicted molar refractivity (Wildman–Crippen MR) is 72.6 cm³/mol. The van der Waals surface area contributed by atoms with Crippen molar-refractivity contribution in [2.45, 2.75) is 4.90 Å². The van der Waals surface area contributed by atoms with Crippen molar-refractivity contribution in [2.24, 2.45) is 7.05 Å². The minimum atomic E-state index is -3.72. The topological polar surface area (TPSA) is 90.0 Å². The Kier molecular flexibility index (Phi) is 3.31. The predicted octanol–water partition coefficient (Wildman–Crippen LogP) is 1.57. The molecule has 0 fully saturated rings. The molecule has 0 unspecified atom stereocenters. The van der Waals surface area contributed by atoms with Crippen molar-refractivity contribution < 1.29 is 8.42 Å². The van der Waals surface area contributed by atoms with Gasteiger partial charge in [0.15, 0.2) is 5.82 Å². The monoisotopic (exact) mass is 330 g/mol. The molecule has 0 atom stereocenters. The lowest BCUT2D eigenvalue weighted by molar-refractivity contribution is 0.601. The maximum absolute atomic E-state index is 12.1. The summed E-state index contributed by atoms with van der Waals surface area (Å²) in [7, 11) is -2.11. The summed E-state index contributed by atoms with van der Waals surface area (Å²) in [5.41, 5.74) is 6.00. The van der Waals surface area contributed by atoms with Crippen LogP contribution in [0.3, 0.4) is 0 Å². The molecule has 1 heterocycles. The molecular weight excluding hydrogens is 320 g/mol. The summed E-state index contributed by atoms with van der Waals surface area (Å²) < 4.78 is 28.7. The number of nitrogens with two attached hydrogens (primary N) is 1. The Labute approximate surface area is 113 Å². The van der Waals surface area contributed by atoms with Crippen molar-refractivity contribution in [3.8, 4) is 0 Å². The number of sulfonamides is 1. The average molecular weight is 331 g/mol. The molecule has 0 aliphatic carbocycles. The molecule has 0 saturated carbocycles. The van der Waals surface area contributed by atoms with Crippen LogP contribution in [-0.2, 0) is 17.1 Å². The van der Waals surface area contributed by atoms with Gasteiger partial charge in [-0.3, -0.25) is 9.40 Å². The third kappa shape index (κ3) is 2.65. The van der Waals surface area contributed by atoms with Crippen molar-refractivity contribution >= 4 is 37.5 Å². The summed E-state index contributed by atoms with van der Waals surface area (Å²) in [6.45, 7) is 0. The van der Waals surface area contributed by atoms with Gasteiger partial charge < -0.3 is 5.73 Å². The highest BCUT2D eigenvalue weighted by atomic mass is 79.9. The Balaban J connectivity index is 2.36. The summed E-state index contributed by atoms with van der Waals surface area (Å²) in [4.78, 5) is -0.0371. The highest BCUT2D eigenvalue weighted by Gasteiger charge is 2.20. The van der Waals surface area contributed by atoms with Crippen molar-refractivity contribution in [3.63, 3.8) is 0 Å². The van der Waals surface area contributed by atoms with E-state index in [9.17, 15) is 8.42 Å². The standard InChI is InChI=1S/C10H11BrN4O2S/c1-15-6-9(10(12)13-15)18(16,17)14-8-4-2-3-7(11)5-8/h2-6,14H,1H3,(H2,12,13). The maximum atomic E-state index is 12.1. The van der Waals surface area contributed by atoms with E-state index in [1.807, 2.05) is 0 Å². The number of hydrogen-bond donors (Lipinski definition) is 2. The molecule has 3 N–H and O–H groups in total. The number of nitrogens with one attached hydrogen (secondary N) is 1. The quantitative estimate of drug-likeness (QED) is 0.893. The molecule has 0 spiro atoms. The SMILES string of the molecule is Cn1cc(S(=O)(=O)Nc2cccc(Br)c2)c(N)n1. The Bertz CT molecular complexity index is 681. The van der Waals surface area contributed by atoms with Gasteiger partial charge in [-0.05, 0) is 18.2 Å². The average Bonchev–Trinajstić information content (AvgIpc) is 2.58. The first-order chi connectivity index (χ1) is 8.38. The van der Waals surface area contributed by atoms with E-state index < -0.39 is 10.0 Å². The van der Waals surface area contributed by atoms with Gasteiger partial charge in [-0.25, -0.2) is 8.42 Å². The molecule has 6 nitrogen and oxygen atoms in total. The maximum Gasteiger partial charge on any atom is 0.267 e. The van der Waals surface area contributed by atoms with Crippen LogP contribution in [0.4, 0.5) is 11.5 Å². The number of anilines is 2. The van der Waals surface area contributed by atoms with Crippen molar-refractivity contribution in [2.75, 3.05) is 10.5 Å². The van der Waals surface area contributed by atoms with Crippen LogP contribution in [0.1, 0.15) is 0 Å². The number of nitrogens with zero attached hydrogens (tertiary/aromatic N) is 2. The summed E-state index contributed by atoms with van der Waals surface area (Å²) in [5, 5.41) is 3.80. The van der Waals surface area contributed by atoms with E-state index >= 15 is 0 Å². The first kappa shape index (κ1) is 12.9. The normalized spacial score (nSPS) is 11.4. The van der Waals surface area contributed by atoms with Crippen LogP contribution in [0.2, 0.25) is 0 Å². The zero-order valence-electron chi connectivity index (χ0n) is 9.46. The fraction of sp³-hybridized carbons (Fsp3) is 0.100. The van der Waals surface area contributed by atoms with Gasteiger partial charge in [0.25, 0.3) is 10.0 Å². The van der Waals surface area contributed by atoms with Crippen molar-refractivity contribution in [3.05, 3.63) is 34.9 Å². The van der Waals surface area contributed by atoms with Gasteiger partial charge in [0.2, 0.25) is 0 Å². The van der Waals surface area contributed by atoms with Gasteiger partial charge in [-0.1, -0.05) is 22.0 Å². The van der Waals surface area contributed by atoms with Crippen LogP contribution in [0.25, 0.3) is 0 Å². The second kappa shape index (κ2) is 4.62. The number of benzene rings is 1. The van der Waals surface area contributed by atoms with E-state index in [2.05, 4.69) is 25.8 Å². The lowest BCUT2D eigenvalue weighted by Crippen LogP contribution is -2.13. The molecule has 0 amide bonds. The van der Waals surface area contributed by atoms with Crippen LogP contribution in [0.15, 0.2) is 39.8 Å². The highest BCUT2D eigenvalue weighted by Crippen LogP contribution is 2.22. The third-order valence-electron chi connectivity index (χ3n) is 2.19. The molecule has 0 saturated heterocycles. The Morgan fingerprint density at radius 2 is 2.17 bits per heavy atom. The van der Waals surface area contributed by atoms with Gasteiger partial charge in [0.1, 0.15) is 4.90 Å². The number of halogens is 1. The largest absolute Gasteiger partial charge is 0.381 e. The summed E-state index contributed by atoms with van der Waals surface area (Å²) in [6.07, 6.45) is 1.36. The number of nitrogen functional groups attached to an aromatic ring is 1. The third-order valence-corrected chi connectivity index (χ3v) is 4.08. The molecule has 96 valence electrons. The number of aryl methyl sites for hydroxylation is 1. The van der Waals surface area contributed by atoms with Gasteiger partial charge in [0, 0.05) is 23.4 Å². The van der Waals surface area contributed by atoms with Gasteiger partial charge >= 0.3 is 0 Å². The molecule has 2 aromatic rings. The van der Waals surface area contributed by atoms with Gasteiger partial charge in [-0.15, -0.1) is 0 Å². The molecule has 18 heavy (non-hydrogen) atoms. The van der Waals surface area contributed by atoms with E-state index in [-0.39, 0.29) is 10.7 Å². The Morgan fingerprint density at radius 1 is 1.44 bits per heavy atom. The number of rotatable bonds is 3. The van der Waals surface area contributed by atoms with Gasteiger partial charge in [-0.2, -0.15) is 5.10 Å². The lowest BCUT2D eigenvalue weighted by Gasteiger charge is -2.06. The molecule has 1 aromatic heterocycles. The summed E-state index contributed by atoms with van der Waals surface area (Å²) in [5.74, 6) is -0.0278. The number of hydrogen-bond acceptors (Lipinski definition) is 4. The zero-order valence-corrected chi connectivity index (χ0v) is 11.9. The highest BCUT2D eigenvalue weighted by molar-refractivity contribution is 9.10. The summed E-state index contributed by atoms with van der Waals surface area (Å²) in [6, 6.07) is 6.84. The molecule has 0 aliphatic rings. The first-order valence-corrected chi connectivity index (χ1v) is 7.23. The smallest absolute Gasteiger partial charge is 0.267 e. The zero-order chi connectivity index (χ0) is 13.3. The molecular formula is C10H11BrN4O2S. The van der Waals surface area contributed by atoms with Crippen molar-refractivity contribution in [1.29, 1.82) is 0 Å². The molecule has 8 heteroatoms. The molecule has 0 aliphatic heterocycles. The lowest BCUT2D eigenvalue weighted by atomic mass is 10.3. The van der Waals surface area contributed by atoms with Crippen LogP contribution in [0.5, 0.6) is 0 Å². The van der Waals surface area contributed by atoms with Crippen LogP contribution >= 0.6 is 15.9 Å². The fourth-order valence-corrected chi connectivity index (χ4v) is 3.01. The molecule has 0 bridgehead atoms. The van der Waals surface area contributed by atoms with E-state index in [0.29, 0.717) is 5.69 Å². The van der Waals surface area contributed by atoms with Crippen LogP contribution in [0, 0.1) is 0 Å². The Morgan fingerprint density at radius 3 is 2.72 bits per heavy atom. The van der Waals surface area contributed by atoms with E-state index in [0.717, 1.165) is 4.47 Å². The van der Waals surface area contributed by atoms with E-state index in [4.69, 9.17) is 5.73 Å². The van der Waals surface area contributed by atoms with E-state index in [1.165, 1.54) is 10.9 Å². The second-order valence-corrected chi connectivity index (χ2v) is 6.23. The molecule has 1 aromatic carbocycles. The molecule has 2 rings (SSSR count). The molecule has 0 radical (unpaired) electrons. The second-order valence-electron chi connectivity index (χ2n) is 3.67. The van der Waals surface area contributed by atoms with Gasteiger partial charge in [0.05, 0.1) is 0 Å². The fourth-order valence-electron chi connectivity index (χ4n) is 1.45. The summed E-state index contributed by atoms with van der Waals surface area (Å²) >= 11 is 3.27. The van der Waals surface area contributed by atoms with E-state index in [1.54, 1.807) is 31.3 Å².